The van der Waals surface area contributed by atoms with Gasteiger partial charge < -0.3 is 14.8 Å². The molecule has 23 heavy (non-hydrogen) atoms. The predicted octanol–water partition coefficient (Wildman–Crippen LogP) is 3.13. The lowest BCUT2D eigenvalue weighted by molar-refractivity contribution is 0.438. The molecule has 0 heterocycles. The number of hydrazone groups is 1. The maximum Gasteiger partial charge on any atom is 0.0975 e. The molecule has 4 heteroatoms. The first-order valence-corrected chi connectivity index (χ1v) is 7.70. The second-order valence-electron chi connectivity index (χ2n) is 6.18. The van der Waals surface area contributed by atoms with Crippen LogP contribution in [0.3, 0.4) is 0 Å². The second kappa shape index (κ2) is 7.18. The van der Waals surface area contributed by atoms with Crippen molar-refractivity contribution in [2.24, 2.45) is 5.10 Å². The summed E-state index contributed by atoms with van der Waals surface area (Å²) in [7, 11) is 12.1. The maximum atomic E-state index is 4.69. The van der Waals surface area contributed by atoms with E-state index in [1.807, 2.05) is 47.3 Å². The van der Waals surface area contributed by atoms with Gasteiger partial charge in [0, 0.05) is 64.8 Å². The first-order chi connectivity index (χ1) is 10.9. The summed E-state index contributed by atoms with van der Waals surface area (Å²) in [6.45, 7) is 0. The molecule has 2 rings (SSSR count). The topological polar surface area (TPSA) is 22.1 Å². The van der Waals surface area contributed by atoms with Crippen LogP contribution in [0.15, 0.2) is 53.6 Å². The second-order valence-corrected chi connectivity index (χ2v) is 6.18. The van der Waals surface area contributed by atoms with Crippen LogP contribution >= 0.6 is 0 Å². The number of hydrogen-bond donors (Lipinski definition) is 0. The fourth-order valence-corrected chi connectivity index (χ4v) is 2.32. The molecule has 0 spiro atoms. The minimum atomic E-state index is 0.977. The van der Waals surface area contributed by atoms with Crippen molar-refractivity contribution in [2.75, 3.05) is 52.1 Å². The molecule has 0 unspecified atom stereocenters. The largest absolute Gasteiger partial charge is 0.378 e. The molecule has 0 saturated carbocycles. The van der Waals surface area contributed by atoms with Crippen LogP contribution in [0.5, 0.6) is 0 Å². The van der Waals surface area contributed by atoms with E-state index < -0.39 is 0 Å². The van der Waals surface area contributed by atoms with Crippen molar-refractivity contribution in [2.45, 2.75) is 0 Å². The van der Waals surface area contributed by atoms with Gasteiger partial charge in [-0.15, -0.1) is 0 Å². The Hall–Kier alpha value is -2.49. The Morgan fingerprint density at radius 1 is 0.609 bits per heavy atom. The van der Waals surface area contributed by atoms with Crippen LogP contribution in [0.2, 0.25) is 0 Å². The molecule has 0 aliphatic carbocycles. The third-order valence-corrected chi connectivity index (χ3v) is 3.61. The lowest BCUT2D eigenvalue weighted by Crippen LogP contribution is -2.13. The first kappa shape index (κ1) is 16.9. The molecular formula is C19H26N4. The lowest BCUT2D eigenvalue weighted by atomic mass is 10.0. The minimum absolute atomic E-state index is 0.977. The van der Waals surface area contributed by atoms with E-state index in [-0.39, 0.29) is 0 Å². The molecule has 0 fully saturated rings. The van der Waals surface area contributed by atoms with Gasteiger partial charge >= 0.3 is 0 Å². The van der Waals surface area contributed by atoms with Crippen LogP contribution in [0.4, 0.5) is 11.4 Å². The Kier molecular flexibility index (Phi) is 5.27. The Morgan fingerprint density at radius 3 is 1.22 bits per heavy atom. The van der Waals surface area contributed by atoms with Gasteiger partial charge in [-0.25, -0.2) is 0 Å². The van der Waals surface area contributed by atoms with E-state index in [1.165, 1.54) is 11.4 Å². The zero-order chi connectivity index (χ0) is 17.0. The molecular weight excluding hydrogens is 284 g/mol. The summed E-state index contributed by atoms with van der Waals surface area (Å²) in [6.07, 6.45) is 0. The molecule has 4 nitrogen and oxygen atoms in total. The minimum Gasteiger partial charge on any atom is -0.378 e. The van der Waals surface area contributed by atoms with Crippen molar-refractivity contribution >= 4 is 17.1 Å². The highest BCUT2D eigenvalue weighted by atomic mass is 15.4. The van der Waals surface area contributed by atoms with Crippen molar-refractivity contribution < 1.29 is 0 Å². The third kappa shape index (κ3) is 4.25. The molecule has 0 N–H and O–H groups in total. The van der Waals surface area contributed by atoms with Crippen LogP contribution in [-0.4, -0.2) is 53.0 Å². The molecule has 0 bridgehead atoms. The number of benzene rings is 2. The van der Waals surface area contributed by atoms with Crippen molar-refractivity contribution in [3.63, 3.8) is 0 Å². The van der Waals surface area contributed by atoms with Gasteiger partial charge in [-0.05, 0) is 24.3 Å². The molecule has 122 valence electrons. The molecule has 0 amide bonds. The molecule has 0 aliphatic rings. The fraction of sp³-hybridized carbons (Fsp3) is 0.316. The smallest absolute Gasteiger partial charge is 0.0975 e. The van der Waals surface area contributed by atoms with E-state index in [2.05, 4.69) is 63.4 Å². The normalized spacial score (nSPS) is 10.2. The molecule has 0 atom stereocenters. The standard InChI is InChI=1S/C19H26N4/c1-21(2)17-11-7-15(8-12-17)19(20-23(5)6)16-9-13-18(14-10-16)22(3)4/h7-14H,1-6H3. The monoisotopic (exact) mass is 310 g/mol. The number of hydrogen-bond acceptors (Lipinski definition) is 4. The van der Waals surface area contributed by atoms with Gasteiger partial charge in [0.05, 0.1) is 5.71 Å². The highest BCUT2D eigenvalue weighted by Crippen LogP contribution is 2.19. The Balaban J connectivity index is 2.41. The summed E-state index contributed by atoms with van der Waals surface area (Å²) in [5, 5.41) is 6.53. The SMILES string of the molecule is CN(C)N=C(c1ccc(N(C)C)cc1)c1ccc(N(C)C)cc1. The van der Waals surface area contributed by atoms with Gasteiger partial charge in [0.1, 0.15) is 0 Å². The molecule has 2 aromatic carbocycles. The number of nitrogens with zero attached hydrogens (tertiary/aromatic N) is 4. The highest BCUT2D eigenvalue weighted by Gasteiger charge is 2.09. The molecule has 0 saturated heterocycles. The summed E-state index contributed by atoms with van der Waals surface area (Å²) in [6, 6.07) is 17.0. The third-order valence-electron chi connectivity index (χ3n) is 3.61. The maximum absolute atomic E-state index is 4.69. The van der Waals surface area contributed by atoms with Gasteiger partial charge in [-0.2, -0.15) is 5.10 Å². The van der Waals surface area contributed by atoms with Crippen molar-refractivity contribution in [1.29, 1.82) is 0 Å². The van der Waals surface area contributed by atoms with E-state index in [0.717, 1.165) is 16.8 Å². The van der Waals surface area contributed by atoms with Crippen molar-refractivity contribution in [1.82, 2.24) is 5.01 Å². The Bertz CT molecular complexity index is 599. The van der Waals surface area contributed by atoms with Crippen LogP contribution in [-0.2, 0) is 0 Å². The van der Waals surface area contributed by atoms with E-state index >= 15 is 0 Å². The van der Waals surface area contributed by atoms with Gasteiger partial charge in [-0.1, -0.05) is 24.3 Å². The first-order valence-electron chi connectivity index (χ1n) is 7.70. The fourth-order valence-electron chi connectivity index (χ4n) is 2.32. The molecule has 0 aromatic heterocycles. The van der Waals surface area contributed by atoms with E-state index in [0.29, 0.717) is 0 Å². The van der Waals surface area contributed by atoms with Crippen LogP contribution < -0.4 is 9.80 Å². The average Bonchev–Trinajstić information content (AvgIpc) is 2.52. The van der Waals surface area contributed by atoms with Gasteiger partial charge in [0.15, 0.2) is 0 Å². The highest BCUT2D eigenvalue weighted by molar-refractivity contribution is 6.13. The van der Waals surface area contributed by atoms with Crippen LogP contribution in [0.25, 0.3) is 0 Å². The van der Waals surface area contributed by atoms with Gasteiger partial charge in [-0.3, -0.25) is 0 Å². The van der Waals surface area contributed by atoms with Crippen molar-refractivity contribution in [3.8, 4) is 0 Å². The summed E-state index contributed by atoms with van der Waals surface area (Å²) < 4.78 is 0. The number of anilines is 2. The van der Waals surface area contributed by atoms with Crippen molar-refractivity contribution in [3.05, 3.63) is 59.7 Å². The Labute approximate surface area is 139 Å². The Morgan fingerprint density at radius 2 is 0.957 bits per heavy atom. The van der Waals surface area contributed by atoms with Gasteiger partial charge in [0.2, 0.25) is 0 Å². The van der Waals surface area contributed by atoms with E-state index in [4.69, 9.17) is 0 Å². The summed E-state index contributed by atoms with van der Waals surface area (Å²) >= 11 is 0. The predicted molar refractivity (Wildman–Crippen MR) is 101 cm³/mol. The lowest BCUT2D eigenvalue weighted by Gasteiger charge is -2.16. The zero-order valence-corrected chi connectivity index (χ0v) is 14.9. The quantitative estimate of drug-likeness (QED) is 0.626. The zero-order valence-electron chi connectivity index (χ0n) is 14.9. The van der Waals surface area contributed by atoms with Crippen LogP contribution in [0.1, 0.15) is 11.1 Å². The van der Waals surface area contributed by atoms with Gasteiger partial charge in [0.25, 0.3) is 0 Å². The average molecular weight is 310 g/mol. The van der Waals surface area contributed by atoms with Crippen LogP contribution in [0, 0.1) is 0 Å². The molecule has 0 aliphatic heterocycles. The summed E-state index contributed by atoms with van der Waals surface area (Å²) in [5.41, 5.74) is 5.57. The number of rotatable bonds is 5. The van der Waals surface area contributed by atoms with E-state index in [9.17, 15) is 0 Å². The van der Waals surface area contributed by atoms with E-state index in [1.54, 1.807) is 0 Å². The molecule has 0 radical (unpaired) electrons. The summed E-state index contributed by atoms with van der Waals surface area (Å²) in [4.78, 5) is 4.19. The summed E-state index contributed by atoms with van der Waals surface area (Å²) in [5.74, 6) is 0. The molecule has 2 aromatic rings.